The minimum Gasteiger partial charge on any atom is -0.355 e. The molecular formula is C9H17NO3. The number of nitrogens with two attached hydrogens (primary N) is 1. The van der Waals surface area contributed by atoms with Gasteiger partial charge in [-0.3, -0.25) is 0 Å². The molecule has 2 N–H and O–H groups in total. The second kappa shape index (κ2) is 2.92. The van der Waals surface area contributed by atoms with Crippen LogP contribution in [0.25, 0.3) is 0 Å². The highest BCUT2D eigenvalue weighted by Crippen LogP contribution is 2.37. The maximum Gasteiger partial charge on any atom is 0.164 e. The lowest BCUT2D eigenvalue weighted by Crippen LogP contribution is -2.35. The number of rotatable bonds is 1. The quantitative estimate of drug-likeness (QED) is 0.653. The van der Waals surface area contributed by atoms with Crippen molar-refractivity contribution in [2.45, 2.75) is 57.5 Å². The molecule has 0 radical (unpaired) electrons. The second-order valence-electron chi connectivity index (χ2n) is 4.11. The average Bonchev–Trinajstić information content (AvgIpc) is 2.47. The highest BCUT2D eigenvalue weighted by atomic mass is 16.8. The lowest BCUT2D eigenvalue weighted by molar-refractivity contribution is -0.186. The highest BCUT2D eigenvalue weighted by molar-refractivity contribution is 4.95. The lowest BCUT2D eigenvalue weighted by atomic mass is 10.1. The Kier molecular flexibility index (Phi) is 2.11. The molecule has 2 aliphatic rings. The van der Waals surface area contributed by atoms with Gasteiger partial charge in [-0.1, -0.05) is 6.92 Å². The third-order valence-electron chi connectivity index (χ3n) is 2.59. The van der Waals surface area contributed by atoms with Gasteiger partial charge in [0.05, 0.1) is 6.10 Å². The molecule has 2 fully saturated rings. The fourth-order valence-corrected chi connectivity index (χ4v) is 2.04. The number of fused-ring (bicyclic) bond motifs is 1. The summed E-state index contributed by atoms with van der Waals surface area (Å²) in [5.41, 5.74) is 5.78. The fourth-order valence-electron chi connectivity index (χ4n) is 2.04. The van der Waals surface area contributed by atoms with Crippen molar-refractivity contribution in [2.24, 2.45) is 5.73 Å². The monoisotopic (exact) mass is 187 g/mol. The van der Waals surface area contributed by atoms with Crippen molar-refractivity contribution < 1.29 is 14.2 Å². The van der Waals surface area contributed by atoms with E-state index in [2.05, 4.69) is 6.92 Å². The molecule has 2 rings (SSSR count). The summed E-state index contributed by atoms with van der Waals surface area (Å²) in [6.45, 7) is 5.88. The summed E-state index contributed by atoms with van der Waals surface area (Å²) in [6, 6.07) is 0. The van der Waals surface area contributed by atoms with E-state index in [0.29, 0.717) is 0 Å². The second-order valence-corrected chi connectivity index (χ2v) is 4.11. The average molecular weight is 187 g/mol. The third-order valence-corrected chi connectivity index (χ3v) is 2.59. The molecule has 4 heteroatoms. The zero-order valence-corrected chi connectivity index (χ0v) is 8.32. The molecule has 2 heterocycles. The maximum atomic E-state index is 5.78. The maximum absolute atomic E-state index is 5.78. The van der Waals surface area contributed by atoms with Crippen LogP contribution in [0.1, 0.15) is 27.2 Å². The van der Waals surface area contributed by atoms with Crippen LogP contribution < -0.4 is 5.73 Å². The summed E-state index contributed by atoms with van der Waals surface area (Å²) in [7, 11) is 0. The van der Waals surface area contributed by atoms with E-state index in [-0.39, 0.29) is 24.5 Å². The lowest BCUT2D eigenvalue weighted by Gasteiger charge is -2.22. The van der Waals surface area contributed by atoms with Gasteiger partial charge < -0.3 is 19.9 Å². The van der Waals surface area contributed by atoms with Crippen LogP contribution in [0.5, 0.6) is 0 Å². The molecule has 13 heavy (non-hydrogen) atoms. The molecule has 0 aromatic rings. The third kappa shape index (κ3) is 1.48. The number of hydrogen-bond donors (Lipinski definition) is 1. The van der Waals surface area contributed by atoms with E-state index in [1.54, 1.807) is 0 Å². The Morgan fingerprint density at radius 2 is 1.85 bits per heavy atom. The van der Waals surface area contributed by atoms with Gasteiger partial charge in [0.1, 0.15) is 18.4 Å². The fraction of sp³-hybridized carbons (Fsp3) is 1.00. The van der Waals surface area contributed by atoms with Crippen molar-refractivity contribution in [1.29, 1.82) is 0 Å². The molecule has 0 aromatic carbocycles. The summed E-state index contributed by atoms with van der Waals surface area (Å²) in [4.78, 5) is 0. The number of hydrogen-bond acceptors (Lipinski definition) is 4. The Bertz CT molecular complexity index is 207. The van der Waals surface area contributed by atoms with Crippen molar-refractivity contribution in [3.63, 3.8) is 0 Å². The Morgan fingerprint density at radius 1 is 1.23 bits per heavy atom. The first-order chi connectivity index (χ1) is 6.03. The molecule has 76 valence electrons. The van der Waals surface area contributed by atoms with Crippen LogP contribution in [0, 0.1) is 0 Å². The van der Waals surface area contributed by atoms with E-state index in [0.717, 1.165) is 6.42 Å². The van der Waals surface area contributed by atoms with Crippen molar-refractivity contribution in [3.05, 3.63) is 0 Å². The summed E-state index contributed by atoms with van der Waals surface area (Å²) < 4.78 is 16.9. The van der Waals surface area contributed by atoms with Gasteiger partial charge in [-0.2, -0.15) is 0 Å². The predicted molar refractivity (Wildman–Crippen MR) is 47.0 cm³/mol. The first kappa shape index (κ1) is 9.40. The SMILES string of the molecule is CC[C@H]1O[C@@H](N)C2OC(C)(C)O[C@H]21. The topological polar surface area (TPSA) is 53.7 Å². The minimum absolute atomic E-state index is 0.00926. The molecule has 0 aromatic heterocycles. The summed E-state index contributed by atoms with van der Waals surface area (Å²) in [5, 5.41) is 0. The predicted octanol–water partition coefficient (Wildman–Crippen LogP) is 0.600. The van der Waals surface area contributed by atoms with Gasteiger partial charge in [-0.05, 0) is 20.3 Å². The normalized spacial score (nSPS) is 48.0. The molecule has 0 bridgehead atoms. The Labute approximate surface area is 78.3 Å². The van der Waals surface area contributed by atoms with Crippen molar-refractivity contribution in [3.8, 4) is 0 Å². The molecule has 0 aliphatic carbocycles. The molecule has 0 spiro atoms. The summed E-state index contributed by atoms with van der Waals surface area (Å²) in [6.07, 6.45) is 0.572. The van der Waals surface area contributed by atoms with Gasteiger partial charge in [0.2, 0.25) is 0 Å². The molecule has 2 aliphatic heterocycles. The van der Waals surface area contributed by atoms with Crippen molar-refractivity contribution in [2.75, 3.05) is 0 Å². The first-order valence-electron chi connectivity index (χ1n) is 4.80. The van der Waals surface area contributed by atoms with E-state index in [1.807, 2.05) is 13.8 Å². The highest BCUT2D eigenvalue weighted by Gasteiger charge is 2.53. The van der Waals surface area contributed by atoms with E-state index < -0.39 is 5.79 Å². The minimum atomic E-state index is -0.510. The molecule has 1 unspecified atom stereocenters. The van der Waals surface area contributed by atoms with Gasteiger partial charge in [0.25, 0.3) is 0 Å². The Hall–Kier alpha value is -0.160. The van der Waals surface area contributed by atoms with E-state index in [9.17, 15) is 0 Å². The van der Waals surface area contributed by atoms with Gasteiger partial charge in [0.15, 0.2) is 5.79 Å². The zero-order chi connectivity index (χ0) is 9.64. The van der Waals surface area contributed by atoms with Gasteiger partial charge in [-0.25, -0.2) is 0 Å². The largest absolute Gasteiger partial charge is 0.355 e. The Morgan fingerprint density at radius 3 is 2.46 bits per heavy atom. The van der Waals surface area contributed by atoms with Crippen LogP contribution in [0.3, 0.4) is 0 Å². The molecule has 0 amide bonds. The van der Waals surface area contributed by atoms with Crippen molar-refractivity contribution in [1.82, 2.24) is 0 Å². The Balaban J connectivity index is 2.12. The number of ether oxygens (including phenoxy) is 3. The van der Waals surface area contributed by atoms with Crippen LogP contribution in [-0.2, 0) is 14.2 Å². The van der Waals surface area contributed by atoms with Crippen LogP contribution in [-0.4, -0.2) is 30.3 Å². The van der Waals surface area contributed by atoms with Crippen molar-refractivity contribution >= 4 is 0 Å². The molecule has 2 saturated heterocycles. The van der Waals surface area contributed by atoms with Crippen LogP contribution in [0.15, 0.2) is 0 Å². The first-order valence-corrected chi connectivity index (χ1v) is 4.80. The van der Waals surface area contributed by atoms with Gasteiger partial charge in [-0.15, -0.1) is 0 Å². The zero-order valence-electron chi connectivity index (χ0n) is 8.32. The standard InChI is InChI=1S/C9H17NO3/c1-4-5-6-7(8(10)11-5)13-9(2,3)12-6/h5-8H,4,10H2,1-3H3/t5-,6+,7?,8-/m1/s1. The van der Waals surface area contributed by atoms with E-state index >= 15 is 0 Å². The molecule has 0 saturated carbocycles. The smallest absolute Gasteiger partial charge is 0.164 e. The van der Waals surface area contributed by atoms with Crippen LogP contribution in [0.2, 0.25) is 0 Å². The van der Waals surface area contributed by atoms with E-state index in [4.69, 9.17) is 19.9 Å². The summed E-state index contributed by atoms with van der Waals surface area (Å²) in [5.74, 6) is -0.510. The molecule has 4 nitrogen and oxygen atoms in total. The van der Waals surface area contributed by atoms with Gasteiger partial charge >= 0.3 is 0 Å². The van der Waals surface area contributed by atoms with E-state index in [1.165, 1.54) is 0 Å². The molecular weight excluding hydrogens is 170 g/mol. The summed E-state index contributed by atoms with van der Waals surface area (Å²) >= 11 is 0. The van der Waals surface area contributed by atoms with Crippen LogP contribution in [0.4, 0.5) is 0 Å². The molecule has 4 atom stereocenters. The van der Waals surface area contributed by atoms with Crippen LogP contribution >= 0.6 is 0 Å². The van der Waals surface area contributed by atoms with Gasteiger partial charge in [0, 0.05) is 0 Å².